The predicted molar refractivity (Wildman–Crippen MR) is 41.9 cm³/mol. The highest BCUT2D eigenvalue weighted by molar-refractivity contribution is 5.79. The van der Waals surface area contributed by atoms with Crippen molar-refractivity contribution in [2.24, 2.45) is 0 Å². The first-order valence-electron chi connectivity index (χ1n) is 2.81. The molecule has 1 nitrogen and oxygen atoms in total. The first kappa shape index (κ1) is 7.89. The van der Waals surface area contributed by atoms with E-state index in [9.17, 15) is 0 Å². The maximum absolute atomic E-state index is 6.84. The van der Waals surface area contributed by atoms with Crippen LogP contribution in [0.15, 0.2) is 36.5 Å². The molecule has 0 amide bonds. The van der Waals surface area contributed by atoms with E-state index < -0.39 is 0 Å². The molecule has 0 aliphatic carbocycles. The Morgan fingerprint density at radius 3 is 2.56 bits per heavy atom. The minimum Gasteiger partial charge on any atom is -0.308 e. The van der Waals surface area contributed by atoms with Crippen molar-refractivity contribution < 1.29 is 0 Å². The quantitative estimate of drug-likeness (QED) is 0.437. The molecule has 1 heteroatoms. The second kappa shape index (κ2) is 5.04. The lowest BCUT2D eigenvalue weighted by Gasteiger charge is -1.83. The fourth-order valence-corrected chi connectivity index (χ4v) is 0.382. The molecule has 0 unspecified atom stereocenters. The summed E-state index contributed by atoms with van der Waals surface area (Å²) in [5.41, 5.74) is 0.827. The Morgan fingerprint density at radius 1 is 1.56 bits per heavy atom. The van der Waals surface area contributed by atoms with Crippen molar-refractivity contribution in [2.45, 2.75) is 6.92 Å². The van der Waals surface area contributed by atoms with Crippen molar-refractivity contribution in [2.75, 3.05) is 0 Å². The zero-order valence-corrected chi connectivity index (χ0v) is 5.59. The SMILES string of the molecule is C=C/C(C=N)=C/C=C\C. The largest absolute Gasteiger partial charge is 0.308 e. The van der Waals surface area contributed by atoms with Crippen LogP contribution in [0.2, 0.25) is 0 Å². The summed E-state index contributed by atoms with van der Waals surface area (Å²) in [7, 11) is 0. The van der Waals surface area contributed by atoms with E-state index in [1.807, 2.05) is 25.2 Å². The molecule has 0 heterocycles. The minimum absolute atomic E-state index is 0.827. The first-order valence-corrected chi connectivity index (χ1v) is 2.81. The molecule has 0 aliphatic heterocycles. The molecule has 9 heavy (non-hydrogen) atoms. The second-order valence-electron chi connectivity index (χ2n) is 1.54. The Morgan fingerprint density at radius 2 is 2.22 bits per heavy atom. The molecule has 48 valence electrons. The maximum Gasteiger partial charge on any atom is 0.0250 e. The van der Waals surface area contributed by atoms with E-state index >= 15 is 0 Å². The average molecular weight is 121 g/mol. The monoisotopic (exact) mass is 121 g/mol. The molecule has 0 saturated heterocycles. The smallest absolute Gasteiger partial charge is 0.0250 e. The summed E-state index contributed by atoms with van der Waals surface area (Å²) in [4.78, 5) is 0. The van der Waals surface area contributed by atoms with E-state index in [-0.39, 0.29) is 0 Å². The Kier molecular flexibility index (Phi) is 4.41. The summed E-state index contributed by atoms with van der Waals surface area (Å²) < 4.78 is 0. The van der Waals surface area contributed by atoms with Gasteiger partial charge >= 0.3 is 0 Å². The standard InChI is InChI=1S/C8H11N/c1-3-5-6-8(4-2)7-9/h3-7,9H,2H2,1H3/b5-3-,8-6-,9-7?. The molecule has 0 atom stereocenters. The third-order valence-corrected chi connectivity index (χ3v) is 0.883. The lowest BCUT2D eigenvalue weighted by atomic mass is 10.2. The molecule has 0 rings (SSSR count). The number of nitrogens with one attached hydrogen (secondary N) is 1. The summed E-state index contributed by atoms with van der Waals surface area (Å²) >= 11 is 0. The van der Waals surface area contributed by atoms with Gasteiger partial charge in [0, 0.05) is 6.21 Å². The number of allylic oxidation sites excluding steroid dienone is 5. The summed E-state index contributed by atoms with van der Waals surface area (Å²) in [6, 6.07) is 0. The summed E-state index contributed by atoms with van der Waals surface area (Å²) in [5, 5.41) is 6.84. The van der Waals surface area contributed by atoms with E-state index in [4.69, 9.17) is 5.41 Å². The van der Waals surface area contributed by atoms with E-state index in [2.05, 4.69) is 6.58 Å². The topological polar surface area (TPSA) is 23.9 Å². The lowest BCUT2D eigenvalue weighted by molar-refractivity contribution is 1.55. The molecule has 0 saturated carbocycles. The third-order valence-electron chi connectivity index (χ3n) is 0.883. The molecule has 0 radical (unpaired) electrons. The van der Waals surface area contributed by atoms with Crippen molar-refractivity contribution in [3.05, 3.63) is 36.5 Å². The van der Waals surface area contributed by atoms with Crippen LogP contribution >= 0.6 is 0 Å². The van der Waals surface area contributed by atoms with Gasteiger partial charge in [-0.15, -0.1) is 0 Å². The third kappa shape index (κ3) is 3.47. The molecule has 0 spiro atoms. The zero-order valence-electron chi connectivity index (χ0n) is 5.59. The number of hydrogen-bond donors (Lipinski definition) is 1. The Hall–Kier alpha value is -1.11. The van der Waals surface area contributed by atoms with Gasteiger partial charge < -0.3 is 5.41 Å². The van der Waals surface area contributed by atoms with E-state index in [0.717, 1.165) is 5.57 Å². The van der Waals surface area contributed by atoms with Gasteiger partial charge in [-0.25, -0.2) is 0 Å². The molecule has 0 aromatic carbocycles. The summed E-state index contributed by atoms with van der Waals surface area (Å²) in [5.74, 6) is 0. The zero-order chi connectivity index (χ0) is 7.11. The van der Waals surface area contributed by atoms with Gasteiger partial charge in [0.1, 0.15) is 0 Å². The molecular weight excluding hydrogens is 110 g/mol. The highest BCUT2D eigenvalue weighted by Crippen LogP contribution is 1.89. The van der Waals surface area contributed by atoms with Crippen molar-refractivity contribution >= 4 is 6.21 Å². The van der Waals surface area contributed by atoms with E-state index in [1.54, 1.807) is 6.08 Å². The van der Waals surface area contributed by atoms with Crippen LogP contribution < -0.4 is 0 Å². The fourth-order valence-electron chi connectivity index (χ4n) is 0.382. The van der Waals surface area contributed by atoms with Crippen LogP contribution in [0.3, 0.4) is 0 Å². The lowest BCUT2D eigenvalue weighted by Crippen LogP contribution is -1.73. The molecule has 0 aromatic heterocycles. The normalized spacial score (nSPS) is 11.9. The molecular formula is C8H11N. The van der Waals surface area contributed by atoms with Gasteiger partial charge in [-0.2, -0.15) is 0 Å². The molecule has 1 N–H and O–H groups in total. The van der Waals surface area contributed by atoms with Gasteiger partial charge in [0.15, 0.2) is 0 Å². The van der Waals surface area contributed by atoms with Crippen molar-refractivity contribution in [1.29, 1.82) is 5.41 Å². The highest BCUT2D eigenvalue weighted by atomic mass is 14.3. The first-order chi connectivity index (χ1) is 4.35. The van der Waals surface area contributed by atoms with Crippen molar-refractivity contribution in [3.63, 3.8) is 0 Å². The number of rotatable bonds is 3. The van der Waals surface area contributed by atoms with Gasteiger partial charge in [-0.1, -0.05) is 30.9 Å². The van der Waals surface area contributed by atoms with Crippen LogP contribution in [-0.4, -0.2) is 6.21 Å². The molecule has 0 fully saturated rings. The van der Waals surface area contributed by atoms with Crippen molar-refractivity contribution in [3.8, 4) is 0 Å². The van der Waals surface area contributed by atoms with Gasteiger partial charge in [0.25, 0.3) is 0 Å². The Bertz CT molecular complexity index is 142. The average Bonchev–Trinajstić information content (AvgIpc) is 1.91. The van der Waals surface area contributed by atoms with Crippen LogP contribution in [-0.2, 0) is 0 Å². The van der Waals surface area contributed by atoms with Gasteiger partial charge in [-0.05, 0) is 12.5 Å². The van der Waals surface area contributed by atoms with Crippen LogP contribution in [0.25, 0.3) is 0 Å². The molecule has 0 bridgehead atoms. The second-order valence-corrected chi connectivity index (χ2v) is 1.54. The van der Waals surface area contributed by atoms with Crippen LogP contribution in [0.5, 0.6) is 0 Å². The minimum atomic E-state index is 0.827. The highest BCUT2D eigenvalue weighted by Gasteiger charge is 1.76. The number of hydrogen-bond acceptors (Lipinski definition) is 1. The Labute approximate surface area is 55.9 Å². The van der Waals surface area contributed by atoms with Crippen molar-refractivity contribution in [1.82, 2.24) is 0 Å². The molecule has 0 aromatic rings. The van der Waals surface area contributed by atoms with Gasteiger partial charge in [-0.3, -0.25) is 0 Å². The Balaban J connectivity index is 4.06. The van der Waals surface area contributed by atoms with Crippen LogP contribution in [0, 0.1) is 5.41 Å². The van der Waals surface area contributed by atoms with Crippen LogP contribution in [0.1, 0.15) is 6.92 Å². The summed E-state index contributed by atoms with van der Waals surface area (Å²) in [6.07, 6.45) is 8.54. The van der Waals surface area contributed by atoms with Gasteiger partial charge in [0.2, 0.25) is 0 Å². The van der Waals surface area contributed by atoms with Gasteiger partial charge in [0.05, 0.1) is 0 Å². The molecule has 0 aliphatic rings. The van der Waals surface area contributed by atoms with Crippen LogP contribution in [0.4, 0.5) is 0 Å². The van der Waals surface area contributed by atoms with E-state index in [0.29, 0.717) is 0 Å². The fraction of sp³-hybridized carbons (Fsp3) is 0.125. The maximum atomic E-state index is 6.84. The predicted octanol–water partition coefficient (Wildman–Crippen LogP) is 2.32. The summed E-state index contributed by atoms with van der Waals surface area (Å²) in [6.45, 7) is 5.46. The van der Waals surface area contributed by atoms with E-state index in [1.165, 1.54) is 6.21 Å².